The Kier molecular flexibility index (Phi) is 7.10. The summed E-state index contributed by atoms with van der Waals surface area (Å²) < 4.78 is 6.02. The summed E-state index contributed by atoms with van der Waals surface area (Å²) in [5.74, 6) is 1.20. The zero-order valence-corrected chi connectivity index (χ0v) is 17.4. The smallest absolute Gasteiger partial charge is 0.227 e. The lowest BCUT2D eigenvalue weighted by molar-refractivity contribution is -0.119. The molecule has 0 radical (unpaired) electrons. The summed E-state index contributed by atoms with van der Waals surface area (Å²) in [6.07, 6.45) is 3.61. The van der Waals surface area contributed by atoms with Gasteiger partial charge in [-0.05, 0) is 56.3 Å². The summed E-state index contributed by atoms with van der Waals surface area (Å²) >= 11 is 0. The van der Waals surface area contributed by atoms with Crippen molar-refractivity contribution in [1.82, 2.24) is 4.90 Å². The van der Waals surface area contributed by atoms with E-state index < -0.39 is 0 Å². The average Bonchev–Trinajstić information content (AvgIpc) is 2.70. The molecule has 1 amide bonds. The number of rotatable bonds is 9. The fourth-order valence-corrected chi connectivity index (χ4v) is 3.79. The van der Waals surface area contributed by atoms with Crippen LogP contribution in [0.5, 0.6) is 5.75 Å². The number of anilines is 1. The summed E-state index contributed by atoms with van der Waals surface area (Å²) in [6.45, 7) is 4.65. The molecule has 28 heavy (non-hydrogen) atoms. The second kappa shape index (κ2) is 9.74. The summed E-state index contributed by atoms with van der Waals surface area (Å²) in [7, 11) is 4.15. The largest absolute Gasteiger partial charge is 0.494 e. The maximum atomic E-state index is 12.9. The molecular formula is C24H32N2O2. The van der Waals surface area contributed by atoms with Gasteiger partial charge in [-0.15, -0.1) is 0 Å². The van der Waals surface area contributed by atoms with E-state index in [9.17, 15) is 4.79 Å². The molecule has 3 rings (SSSR count). The van der Waals surface area contributed by atoms with Gasteiger partial charge in [0.2, 0.25) is 5.91 Å². The second-order valence-electron chi connectivity index (χ2n) is 7.79. The van der Waals surface area contributed by atoms with Crippen LogP contribution < -0.4 is 9.64 Å². The van der Waals surface area contributed by atoms with Crippen molar-refractivity contribution >= 4 is 11.6 Å². The van der Waals surface area contributed by atoms with Gasteiger partial charge in [-0.3, -0.25) is 4.79 Å². The van der Waals surface area contributed by atoms with Crippen LogP contribution in [0.4, 0.5) is 5.69 Å². The van der Waals surface area contributed by atoms with Crippen molar-refractivity contribution in [2.75, 3.05) is 38.7 Å². The number of hydrogen-bond donors (Lipinski definition) is 0. The molecule has 1 aliphatic rings. The molecule has 0 bridgehead atoms. The second-order valence-corrected chi connectivity index (χ2v) is 7.79. The number of unbranched alkanes of at least 4 members (excludes halogenated alkanes) is 1. The number of fused-ring (bicyclic) bond motifs is 1. The first kappa shape index (κ1) is 20.4. The molecule has 1 atom stereocenters. The van der Waals surface area contributed by atoms with Gasteiger partial charge in [0.1, 0.15) is 5.75 Å². The molecule has 0 spiro atoms. The first-order chi connectivity index (χ1) is 13.6. The number of hydrogen-bond acceptors (Lipinski definition) is 3. The molecule has 0 saturated heterocycles. The molecule has 0 saturated carbocycles. The molecule has 0 N–H and O–H groups in total. The third-order valence-corrected chi connectivity index (χ3v) is 5.30. The van der Waals surface area contributed by atoms with Crippen LogP contribution in [0.25, 0.3) is 0 Å². The van der Waals surface area contributed by atoms with Gasteiger partial charge in [0.25, 0.3) is 0 Å². The summed E-state index contributed by atoms with van der Waals surface area (Å²) in [4.78, 5) is 17.0. The van der Waals surface area contributed by atoms with Gasteiger partial charge < -0.3 is 14.5 Å². The van der Waals surface area contributed by atoms with Gasteiger partial charge in [-0.2, -0.15) is 0 Å². The third kappa shape index (κ3) is 4.93. The van der Waals surface area contributed by atoms with Gasteiger partial charge >= 0.3 is 0 Å². The topological polar surface area (TPSA) is 32.8 Å². The number of amides is 1. The Morgan fingerprint density at radius 2 is 1.89 bits per heavy atom. The molecular weight excluding hydrogens is 348 g/mol. The fourth-order valence-electron chi connectivity index (χ4n) is 3.79. The van der Waals surface area contributed by atoms with Crippen LogP contribution in [0.3, 0.4) is 0 Å². The van der Waals surface area contributed by atoms with E-state index in [2.05, 4.69) is 50.2 Å². The predicted molar refractivity (Wildman–Crippen MR) is 115 cm³/mol. The lowest BCUT2D eigenvalue weighted by atomic mass is 9.83. The molecule has 0 aromatic heterocycles. The highest BCUT2D eigenvalue weighted by Gasteiger charge is 2.32. The van der Waals surface area contributed by atoms with E-state index in [4.69, 9.17) is 4.74 Å². The van der Waals surface area contributed by atoms with E-state index in [1.54, 1.807) is 0 Å². The molecule has 150 valence electrons. The van der Waals surface area contributed by atoms with Gasteiger partial charge in [-0.25, -0.2) is 0 Å². The predicted octanol–water partition coefficient (Wildman–Crippen LogP) is 4.69. The van der Waals surface area contributed by atoms with Crippen LogP contribution in [-0.4, -0.2) is 44.6 Å². The maximum absolute atomic E-state index is 12.9. The number of benzene rings is 2. The molecule has 4 nitrogen and oxygen atoms in total. The van der Waals surface area contributed by atoms with E-state index in [0.29, 0.717) is 13.0 Å². The highest BCUT2D eigenvalue weighted by atomic mass is 16.5. The van der Waals surface area contributed by atoms with Crippen LogP contribution in [0.15, 0.2) is 48.5 Å². The van der Waals surface area contributed by atoms with E-state index in [0.717, 1.165) is 43.8 Å². The third-order valence-electron chi connectivity index (χ3n) is 5.30. The minimum atomic E-state index is 0.0897. The summed E-state index contributed by atoms with van der Waals surface area (Å²) in [5.41, 5.74) is 3.43. The van der Waals surface area contributed by atoms with Crippen molar-refractivity contribution in [2.24, 2.45) is 0 Å². The van der Waals surface area contributed by atoms with Crippen LogP contribution >= 0.6 is 0 Å². The molecule has 2 aromatic rings. The van der Waals surface area contributed by atoms with Crippen molar-refractivity contribution in [1.29, 1.82) is 0 Å². The van der Waals surface area contributed by atoms with Gasteiger partial charge in [0.15, 0.2) is 0 Å². The number of carbonyl (C=O) groups is 1. The maximum Gasteiger partial charge on any atom is 0.227 e. The number of carbonyl (C=O) groups excluding carboxylic acids is 1. The fraction of sp³-hybridized carbons (Fsp3) is 0.458. The first-order valence-corrected chi connectivity index (χ1v) is 10.4. The molecule has 0 fully saturated rings. The molecule has 1 unspecified atom stereocenters. The quantitative estimate of drug-likeness (QED) is 0.592. The molecule has 1 aliphatic heterocycles. The standard InChI is InChI=1S/C24H32N2O2/c1-4-5-15-26-23-13-12-20(28-16-9-14-25(2)3)17-22(23)21(18-24(26)27)19-10-7-6-8-11-19/h6-8,10-13,17,21H,4-5,9,14-16,18H2,1-3H3. The van der Waals surface area contributed by atoms with Crippen LogP contribution in [0.1, 0.15) is 49.7 Å². The van der Waals surface area contributed by atoms with Crippen molar-refractivity contribution in [2.45, 2.75) is 38.5 Å². The summed E-state index contributed by atoms with van der Waals surface area (Å²) in [5, 5.41) is 0. The zero-order valence-electron chi connectivity index (χ0n) is 17.4. The molecule has 0 aliphatic carbocycles. The molecule has 2 aromatic carbocycles. The number of ether oxygens (including phenoxy) is 1. The Balaban J connectivity index is 1.87. The highest BCUT2D eigenvalue weighted by Crippen LogP contribution is 2.41. The van der Waals surface area contributed by atoms with E-state index >= 15 is 0 Å². The van der Waals surface area contributed by atoms with Crippen LogP contribution in [0, 0.1) is 0 Å². The molecule has 4 heteroatoms. The first-order valence-electron chi connectivity index (χ1n) is 10.4. The van der Waals surface area contributed by atoms with Crippen LogP contribution in [0.2, 0.25) is 0 Å². The van der Waals surface area contributed by atoms with Gasteiger partial charge in [0, 0.05) is 31.1 Å². The normalized spacial score (nSPS) is 16.4. The van der Waals surface area contributed by atoms with E-state index in [-0.39, 0.29) is 11.8 Å². The zero-order chi connectivity index (χ0) is 19.9. The Morgan fingerprint density at radius 3 is 2.61 bits per heavy atom. The minimum Gasteiger partial charge on any atom is -0.494 e. The lowest BCUT2D eigenvalue weighted by Gasteiger charge is -2.34. The van der Waals surface area contributed by atoms with Crippen molar-refractivity contribution in [3.05, 3.63) is 59.7 Å². The SMILES string of the molecule is CCCCN1C(=O)CC(c2ccccc2)c2cc(OCCCN(C)C)ccc21. The Morgan fingerprint density at radius 1 is 1.11 bits per heavy atom. The van der Waals surface area contributed by atoms with Gasteiger partial charge in [0.05, 0.1) is 6.61 Å². The Bertz CT molecular complexity index is 773. The Hall–Kier alpha value is -2.33. The molecule has 1 heterocycles. The van der Waals surface area contributed by atoms with E-state index in [1.165, 1.54) is 11.1 Å². The van der Waals surface area contributed by atoms with Crippen molar-refractivity contribution in [3.63, 3.8) is 0 Å². The summed E-state index contributed by atoms with van der Waals surface area (Å²) in [6, 6.07) is 16.6. The number of nitrogens with zero attached hydrogens (tertiary/aromatic N) is 2. The monoisotopic (exact) mass is 380 g/mol. The van der Waals surface area contributed by atoms with Gasteiger partial charge in [-0.1, -0.05) is 43.7 Å². The van der Waals surface area contributed by atoms with Crippen molar-refractivity contribution < 1.29 is 9.53 Å². The average molecular weight is 381 g/mol. The Labute approximate surface area is 169 Å². The highest BCUT2D eigenvalue weighted by molar-refractivity contribution is 5.97. The van der Waals surface area contributed by atoms with E-state index in [1.807, 2.05) is 29.2 Å². The lowest BCUT2D eigenvalue weighted by Crippen LogP contribution is -2.37. The van der Waals surface area contributed by atoms with Crippen molar-refractivity contribution in [3.8, 4) is 5.75 Å². The van der Waals surface area contributed by atoms with Crippen LogP contribution in [-0.2, 0) is 4.79 Å². The minimum absolute atomic E-state index is 0.0897.